The summed E-state index contributed by atoms with van der Waals surface area (Å²) in [6, 6.07) is 0.232. The Hall–Kier alpha value is -0.220. The molecule has 1 aliphatic heterocycles. The second-order valence-corrected chi connectivity index (χ2v) is 4.34. The van der Waals surface area contributed by atoms with Gasteiger partial charge < -0.3 is 9.64 Å². The summed E-state index contributed by atoms with van der Waals surface area (Å²) in [5, 5.41) is 0. The van der Waals surface area contributed by atoms with Crippen LogP contribution in [-0.2, 0) is 9.53 Å². The molecule has 0 aliphatic carbocycles. The first kappa shape index (κ1) is 10.9. The molecule has 0 aromatic rings. The molecule has 0 spiro atoms. The van der Waals surface area contributed by atoms with Crippen molar-refractivity contribution >= 4 is 17.7 Å². The molecule has 1 fully saturated rings. The Balaban J connectivity index is 2.50. The topological polar surface area (TPSA) is 29.5 Å². The molecule has 0 radical (unpaired) electrons. The molecule has 76 valence electrons. The smallest absolute Gasteiger partial charge is 0.232 e. The minimum atomic E-state index is 0.182. The average Bonchev–Trinajstić information content (AvgIpc) is 2.09. The summed E-state index contributed by atoms with van der Waals surface area (Å²) in [5.74, 6) is 0.812. The monoisotopic (exact) mass is 203 g/mol. The van der Waals surface area contributed by atoms with Gasteiger partial charge in [-0.25, -0.2) is 0 Å². The number of thioether (sulfide) groups is 1. The van der Waals surface area contributed by atoms with Gasteiger partial charge in [-0.15, -0.1) is 0 Å². The molecule has 0 unspecified atom stereocenters. The Morgan fingerprint density at radius 3 is 2.92 bits per heavy atom. The van der Waals surface area contributed by atoms with Crippen LogP contribution in [0.3, 0.4) is 0 Å². The van der Waals surface area contributed by atoms with E-state index in [9.17, 15) is 4.79 Å². The van der Waals surface area contributed by atoms with Gasteiger partial charge in [-0.2, -0.15) is 11.8 Å². The SMILES string of the molecule is CSCC(=O)N1C[C@H](C)OC[C@@H]1C. The number of carbonyl (C=O) groups is 1. The van der Waals surface area contributed by atoms with Crippen molar-refractivity contribution in [3.05, 3.63) is 0 Å². The summed E-state index contributed by atoms with van der Waals surface area (Å²) in [5.41, 5.74) is 0. The van der Waals surface area contributed by atoms with Gasteiger partial charge in [-0.3, -0.25) is 4.79 Å². The van der Waals surface area contributed by atoms with Gasteiger partial charge >= 0.3 is 0 Å². The van der Waals surface area contributed by atoms with Crippen molar-refractivity contribution in [2.75, 3.05) is 25.2 Å². The minimum Gasteiger partial charge on any atom is -0.375 e. The highest BCUT2D eigenvalue weighted by Crippen LogP contribution is 2.12. The molecule has 0 bridgehead atoms. The largest absolute Gasteiger partial charge is 0.375 e. The van der Waals surface area contributed by atoms with Gasteiger partial charge in [0.05, 0.1) is 24.5 Å². The van der Waals surface area contributed by atoms with Crippen molar-refractivity contribution in [3.8, 4) is 0 Å². The first-order valence-corrected chi connectivity index (χ1v) is 5.94. The highest BCUT2D eigenvalue weighted by Gasteiger charge is 2.26. The Kier molecular flexibility index (Phi) is 4.06. The summed E-state index contributed by atoms with van der Waals surface area (Å²) in [6.07, 6.45) is 2.13. The Morgan fingerprint density at radius 2 is 2.31 bits per heavy atom. The molecule has 1 rings (SSSR count). The lowest BCUT2D eigenvalue weighted by Gasteiger charge is -2.36. The van der Waals surface area contributed by atoms with Crippen molar-refractivity contribution in [1.82, 2.24) is 4.90 Å². The normalized spacial score (nSPS) is 29.0. The first-order valence-electron chi connectivity index (χ1n) is 4.55. The number of nitrogens with zero attached hydrogens (tertiary/aromatic N) is 1. The van der Waals surface area contributed by atoms with Crippen LogP contribution in [0.25, 0.3) is 0 Å². The number of hydrogen-bond acceptors (Lipinski definition) is 3. The van der Waals surface area contributed by atoms with Crippen LogP contribution in [0.2, 0.25) is 0 Å². The van der Waals surface area contributed by atoms with Gasteiger partial charge in [-0.1, -0.05) is 0 Å². The van der Waals surface area contributed by atoms with Crippen molar-refractivity contribution in [2.45, 2.75) is 26.0 Å². The molecule has 0 aromatic carbocycles. The van der Waals surface area contributed by atoms with Gasteiger partial charge in [0.15, 0.2) is 0 Å². The first-order chi connectivity index (χ1) is 6.15. The van der Waals surface area contributed by atoms with E-state index in [-0.39, 0.29) is 18.1 Å². The summed E-state index contributed by atoms with van der Waals surface area (Å²) in [6.45, 7) is 5.44. The van der Waals surface area contributed by atoms with Crippen molar-refractivity contribution in [1.29, 1.82) is 0 Å². The summed E-state index contributed by atoms with van der Waals surface area (Å²) in [4.78, 5) is 13.5. The molecule has 1 saturated heterocycles. The molecule has 0 N–H and O–H groups in total. The fourth-order valence-electron chi connectivity index (χ4n) is 1.46. The molecule has 2 atom stereocenters. The third-order valence-electron chi connectivity index (χ3n) is 2.20. The second-order valence-electron chi connectivity index (χ2n) is 3.47. The van der Waals surface area contributed by atoms with Gasteiger partial charge in [0.2, 0.25) is 5.91 Å². The molecule has 1 heterocycles. The standard InChI is InChI=1S/C9H17NO2S/c1-7-5-12-8(2)4-10(7)9(11)6-13-3/h7-8H,4-6H2,1-3H3/t7-,8-/m0/s1. The summed E-state index contributed by atoms with van der Waals surface area (Å²) in [7, 11) is 0. The van der Waals surface area contributed by atoms with E-state index in [2.05, 4.69) is 0 Å². The minimum absolute atomic E-state index is 0.182. The lowest BCUT2D eigenvalue weighted by atomic mass is 10.2. The van der Waals surface area contributed by atoms with Crippen LogP contribution in [0.1, 0.15) is 13.8 Å². The number of morpholine rings is 1. The van der Waals surface area contributed by atoms with E-state index in [0.29, 0.717) is 12.4 Å². The zero-order chi connectivity index (χ0) is 9.84. The van der Waals surface area contributed by atoms with E-state index < -0.39 is 0 Å². The summed E-state index contributed by atoms with van der Waals surface area (Å²) < 4.78 is 5.45. The van der Waals surface area contributed by atoms with E-state index >= 15 is 0 Å². The van der Waals surface area contributed by atoms with Crippen LogP contribution >= 0.6 is 11.8 Å². The van der Waals surface area contributed by atoms with Crippen LogP contribution in [0.15, 0.2) is 0 Å². The molecule has 0 aromatic heterocycles. The number of rotatable bonds is 2. The van der Waals surface area contributed by atoms with Gasteiger partial charge in [-0.05, 0) is 20.1 Å². The average molecular weight is 203 g/mol. The molecule has 13 heavy (non-hydrogen) atoms. The Bertz CT molecular complexity index is 186. The highest BCUT2D eigenvalue weighted by atomic mass is 32.2. The summed E-state index contributed by atoms with van der Waals surface area (Å²) >= 11 is 1.57. The third kappa shape index (κ3) is 2.88. The zero-order valence-corrected chi connectivity index (χ0v) is 9.26. The molecule has 4 heteroatoms. The van der Waals surface area contributed by atoms with E-state index in [1.165, 1.54) is 0 Å². The molecule has 0 saturated carbocycles. The van der Waals surface area contributed by atoms with Crippen LogP contribution in [0.4, 0.5) is 0 Å². The van der Waals surface area contributed by atoms with E-state index in [1.807, 2.05) is 25.0 Å². The predicted octanol–water partition coefficient (Wildman–Crippen LogP) is 0.985. The zero-order valence-electron chi connectivity index (χ0n) is 8.45. The second kappa shape index (κ2) is 4.86. The van der Waals surface area contributed by atoms with Crippen molar-refractivity contribution in [3.63, 3.8) is 0 Å². The van der Waals surface area contributed by atoms with Crippen LogP contribution < -0.4 is 0 Å². The maximum atomic E-state index is 11.6. The Labute approximate surface area is 83.8 Å². The van der Waals surface area contributed by atoms with Gasteiger partial charge in [0.1, 0.15) is 0 Å². The molecule has 3 nitrogen and oxygen atoms in total. The number of amides is 1. The maximum Gasteiger partial charge on any atom is 0.232 e. The predicted molar refractivity (Wildman–Crippen MR) is 55.0 cm³/mol. The maximum absolute atomic E-state index is 11.6. The molecular formula is C9H17NO2S. The Morgan fingerprint density at radius 1 is 1.62 bits per heavy atom. The van der Waals surface area contributed by atoms with Crippen LogP contribution in [0.5, 0.6) is 0 Å². The van der Waals surface area contributed by atoms with Crippen molar-refractivity contribution < 1.29 is 9.53 Å². The molecular weight excluding hydrogens is 186 g/mol. The van der Waals surface area contributed by atoms with E-state index in [4.69, 9.17) is 4.74 Å². The lowest BCUT2D eigenvalue weighted by Crippen LogP contribution is -2.50. The van der Waals surface area contributed by atoms with E-state index in [1.54, 1.807) is 11.8 Å². The molecule has 1 aliphatic rings. The van der Waals surface area contributed by atoms with Gasteiger partial charge in [0, 0.05) is 6.54 Å². The number of ether oxygens (including phenoxy) is 1. The molecule has 1 amide bonds. The lowest BCUT2D eigenvalue weighted by molar-refractivity contribution is -0.140. The number of hydrogen-bond donors (Lipinski definition) is 0. The van der Waals surface area contributed by atoms with Crippen molar-refractivity contribution in [2.24, 2.45) is 0 Å². The quantitative estimate of drug-likeness (QED) is 0.670. The van der Waals surface area contributed by atoms with Crippen LogP contribution in [0, 0.1) is 0 Å². The van der Waals surface area contributed by atoms with E-state index in [0.717, 1.165) is 6.54 Å². The number of carbonyl (C=O) groups excluding carboxylic acids is 1. The van der Waals surface area contributed by atoms with Gasteiger partial charge in [0.25, 0.3) is 0 Å². The fourth-order valence-corrected chi connectivity index (χ4v) is 1.87. The fraction of sp³-hybridized carbons (Fsp3) is 0.889. The third-order valence-corrected chi connectivity index (χ3v) is 2.73. The highest BCUT2D eigenvalue weighted by molar-refractivity contribution is 7.99. The van der Waals surface area contributed by atoms with Crippen LogP contribution in [-0.4, -0.2) is 48.1 Å².